The minimum atomic E-state index is -0.314. The van der Waals surface area contributed by atoms with Crippen molar-refractivity contribution in [1.82, 2.24) is 9.97 Å². The van der Waals surface area contributed by atoms with Gasteiger partial charge in [0.1, 0.15) is 5.60 Å². The van der Waals surface area contributed by atoms with E-state index in [4.69, 9.17) is 19.2 Å². The van der Waals surface area contributed by atoms with Gasteiger partial charge in [0.25, 0.3) is 5.88 Å². The van der Waals surface area contributed by atoms with Crippen LogP contribution in [0.2, 0.25) is 0 Å². The molecule has 29 heavy (non-hydrogen) atoms. The standard InChI is InChI=1S/C23H33N3O3/c1-17-15-24-21(29-22(2,3)4)20(25-17)26-13-11-23(5,12-14-26)16-28-19-10-8-7-9-18(19)27-6/h7-10,15H,11-14,16H2,1-6H3. The van der Waals surface area contributed by atoms with Crippen molar-refractivity contribution in [3.8, 4) is 17.4 Å². The Balaban J connectivity index is 1.66. The average molecular weight is 400 g/mol. The van der Waals surface area contributed by atoms with Crippen molar-refractivity contribution in [3.05, 3.63) is 36.2 Å². The SMILES string of the molecule is COc1ccccc1OCC1(C)CCN(c2nc(C)cnc2OC(C)(C)C)CC1. The summed E-state index contributed by atoms with van der Waals surface area (Å²) in [5.41, 5.74) is 0.680. The second-order valence-electron chi connectivity index (χ2n) is 9.09. The van der Waals surface area contributed by atoms with Crippen LogP contribution in [0.1, 0.15) is 46.2 Å². The van der Waals surface area contributed by atoms with Gasteiger partial charge in [-0.2, -0.15) is 0 Å². The number of hydrogen-bond acceptors (Lipinski definition) is 6. The summed E-state index contributed by atoms with van der Waals surface area (Å²) < 4.78 is 17.6. The van der Waals surface area contributed by atoms with Crippen LogP contribution >= 0.6 is 0 Å². The summed E-state index contributed by atoms with van der Waals surface area (Å²) in [6.07, 6.45) is 3.78. The monoisotopic (exact) mass is 399 g/mol. The van der Waals surface area contributed by atoms with Gasteiger partial charge in [0.05, 0.1) is 25.6 Å². The normalized spacial score (nSPS) is 16.4. The zero-order valence-corrected chi connectivity index (χ0v) is 18.5. The molecule has 0 amide bonds. The number of methoxy groups -OCH3 is 1. The van der Waals surface area contributed by atoms with E-state index in [1.165, 1.54) is 0 Å². The van der Waals surface area contributed by atoms with Crippen LogP contribution in [0.4, 0.5) is 5.82 Å². The number of ether oxygens (including phenoxy) is 3. The predicted molar refractivity (Wildman–Crippen MR) is 115 cm³/mol. The van der Waals surface area contributed by atoms with Crippen LogP contribution in [0.5, 0.6) is 17.4 Å². The number of rotatable bonds is 6. The number of aromatic nitrogens is 2. The van der Waals surface area contributed by atoms with Gasteiger partial charge in [-0.25, -0.2) is 9.97 Å². The maximum atomic E-state index is 6.12. The van der Waals surface area contributed by atoms with Gasteiger partial charge in [-0.15, -0.1) is 0 Å². The van der Waals surface area contributed by atoms with Gasteiger partial charge in [-0.1, -0.05) is 19.1 Å². The first-order valence-electron chi connectivity index (χ1n) is 10.2. The molecule has 2 aromatic rings. The molecule has 0 spiro atoms. The van der Waals surface area contributed by atoms with E-state index in [0.717, 1.165) is 48.9 Å². The second kappa shape index (κ2) is 8.47. The number of hydrogen-bond donors (Lipinski definition) is 0. The van der Waals surface area contributed by atoms with Gasteiger partial charge >= 0.3 is 0 Å². The quantitative estimate of drug-likeness (QED) is 0.704. The van der Waals surface area contributed by atoms with E-state index < -0.39 is 0 Å². The van der Waals surface area contributed by atoms with Gasteiger partial charge < -0.3 is 19.1 Å². The Morgan fingerprint density at radius 3 is 2.38 bits per heavy atom. The largest absolute Gasteiger partial charge is 0.493 e. The Labute approximate surface area is 174 Å². The summed E-state index contributed by atoms with van der Waals surface area (Å²) in [7, 11) is 1.67. The van der Waals surface area contributed by atoms with Crippen LogP contribution in [0.25, 0.3) is 0 Å². The number of piperidine rings is 1. The molecule has 1 aromatic heterocycles. The fraction of sp³-hybridized carbons (Fsp3) is 0.565. The molecule has 0 saturated carbocycles. The Kier molecular flexibility index (Phi) is 6.20. The molecule has 1 aliphatic heterocycles. The molecule has 1 saturated heterocycles. The number of para-hydroxylation sites is 2. The van der Waals surface area contributed by atoms with E-state index in [1.54, 1.807) is 13.3 Å². The maximum Gasteiger partial charge on any atom is 0.258 e. The summed E-state index contributed by atoms with van der Waals surface area (Å²) >= 11 is 0. The van der Waals surface area contributed by atoms with E-state index in [1.807, 2.05) is 52.0 Å². The van der Waals surface area contributed by atoms with Crippen LogP contribution in [0, 0.1) is 12.3 Å². The van der Waals surface area contributed by atoms with Crippen molar-refractivity contribution in [2.24, 2.45) is 5.41 Å². The number of aryl methyl sites for hydroxylation is 1. The molecule has 0 atom stereocenters. The summed E-state index contributed by atoms with van der Waals surface area (Å²) in [6, 6.07) is 7.80. The molecule has 1 fully saturated rings. The zero-order chi connectivity index (χ0) is 21.1. The fourth-order valence-electron chi connectivity index (χ4n) is 3.41. The lowest BCUT2D eigenvalue weighted by Crippen LogP contribution is -2.42. The Morgan fingerprint density at radius 2 is 1.76 bits per heavy atom. The summed E-state index contributed by atoms with van der Waals surface area (Å²) in [5, 5.41) is 0. The van der Waals surface area contributed by atoms with Crippen LogP contribution < -0.4 is 19.1 Å². The first-order valence-corrected chi connectivity index (χ1v) is 10.2. The van der Waals surface area contributed by atoms with E-state index in [-0.39, 0.29) is 11.0 Å². The zero-order valence-electron chi connectivity index (χ0n) is 18.5. The summed E-state index contributed by atoms with van der Waals surface area (Å²) in [6.45, 7) is 12.8. The summed E-state index contributed by atoms with van der Waals surface area (Å²) in [5.74, 6) is 3.02. The van der Waals surface area contributed by atoms with E-state index in [9.17, 15) is 0 Å². The van der Waals surface area contributed by atoms with Crippen molar-refractivity contribution in [2.75, 3.05) is 31.7 Å². The van der Waals surface area contributed by atoms with Gasteiger partial charge in [0, 0.05) is 18.5 Å². The van der Waals surface area contributed by atoms with Crippen molar-refractivity contribution in [2.45, 2.75) is 53.1 Å². The third-order valence-electron chi connectivity index (χ3n) is 5.16. The highest BCUT2D eigenvalue weighted by Crippen LogP contribution is 2.37. The van der Waals surface area contributed by atoms with E-state index in [0.29, 0.717) is 12.5 Å². The predicted octanol–water partition coefficient (Wildman–Crippen LogP) is 4.66. The van der Waals surface area contributed by atoms with Gasteiger partial charge in [-0.3, -0.25) is 0 Å². The minimum Gasteiger partial charge on any atom is -0.493 e. The third kappa shape index (κ3) is 5.52. The van der Waals surface area contributed by atoms with E-state index in [2.05, 4.69) is 16.8 Å². The Morgan fingerprint density at radius 1 is 1.10 bits per heavy atom. The lowest BCUT2D eigenvalue weighted by atomic mass is 9.81. The van der Waals surface area contributed by atoms with E-state index >= 15 is 0 Å². The first kappa shape index (κ1) is 21.2. The molecule has 0 bridgehead atoms. The Hall–Kier alpha value is -2.50. The van der Waals surface area contributed by atoms with Gasteiger partial charge in [-0.05, 0) is 52.7 Å². The van der Waals surface area contributed by atoms with Gasteiger partial charge in [0.2, 0.25) is 0 Å². The van der Waals surface area contributed by atoms with Gasteiger partial charge in [0.15, 0.2) is 17.3 Å². The molecule has 0 N–H and O–H groups in total. The molecule has 1 aromatic carbocycles. The lowest BCUT2D eigenvalue weighted by Gasteiger charge is -2.40. The number of anilines is 1. The molecule has 0 radical (unpaired) electrons. The molecule has 158 valence electrons. The molecule has 6 nitrogen and oxygen atoms in total. The smallest absolute Gasteiger partial charge is 0.258 e. The van der Waals surface area contributed by atoms with Crippen LogP contribution in [0.3, 0.4) is 0 Å². The molecular formula is C23H33N3O3. The minimum absolute atomic E-state index is 0.0969. The van der Waals surface area contributed by atoms with Crippen molar-refractivity contribution in [1.29, 1.82) is 0 Å². The highest BCUT2D eigenvalue weighted by Gasteiger charge is 2.33. The molecule has 2 heterocycles. The fourth-order valence-corrected chi connectivity index (χ4v) is 3.41. The topological polar surface area (TPSA) is 56.7 Å². The van der Waals surface area contributed by atoms with Crippen LogP contribution in [-0.2, 0) is 0 Å². The molecule has 6 heteroatoms. The summed E-state index contributed by atoms with van der Waals surface area (Å²) in [4.78, 5) is 11.5. The molecule has 3 rings (SSSR count). The highest BCUT2D eigenvalue weighted by atomic mass is 16.5. The number of nitrogens with zero attached hydrogens (tertiary/aromatic N) is 3. The van der Waals surface area contributed by atoms with Crippen molar-refractivity contribution >= 4 is 5.82 Å². The van der Waals surface area contributed by atoms with Crippen LogP contribution in [-0.4, -0.2) is 42.4 Å². The molecular weight excluding hydrogens is 366 g/mol. The molecule has 0 unspecified atom stereocenters. The first-order chi connectivity index (χ1) is 13.7. The highest BCUT2D eigenvalue weighted by molar-refractivity contribution is 5.49. The molecule has 0 aliphatic carbocycles. The third-order valence-corrected chi connectivity index (χ3v) is 5.16. The lowest BCUT2D eigenvalue weighted by molar-refractivity contribution is 0.119. The second-order valence-corrected chi connectivity index (χ2v) is 9.09. The Bertz CT molecular complexity index is 824. The molecule has 1 aliphatic rings. The van der Waals surface area contributed by atoms with Crippen molar-refractivity contribution < 1.29 is 14.2 Å². The maximum absolute atomic E-state index is 6.12. The average Bonchev–Trinajstić information content (AvgIpc) is 2.68. The van der Waals surface area contributed by atoms with Crippen LogP contribution in [0.15, 0.2) is 30.5 Å². The number of benzene rings is 1. The van der Waals surface area contributed by atoms with Crippen molar-refractivity contribution in [3.63, 3.8) is 0 Å².